The lowest BCUT2D eigenvalue weighted by molar-refractivity contribution is -0.129. The molecule has 0 N–H and O–H groups in total. The molecule has 7 nitrogen and oxygen atoms in total. The lowest BCUT2D eigenvalue weighted by Crippen LogP contribution is -2.10. The Morgan fingerprint density at radius 3 is 2.49 bits per heavy atom. The molecule has 0 spiro atoms. The molecule has 0 saturated carbocycles. The number of carbonyl (C=O) groups is 2. The number of esters is 2. The number of benzene rings is 3. The highest BCUT2D eigenvalue weighted by Gasteiger charge is 2.24. The number of hydrogen-bond acceptors (Lipinski definition) is 7. The normalized spacial score (nSPS) is 13.9. The van der Waals surface area contributed by atoms with Gasteiger partial charge in [-0.25, -0.2) is 14.6 Å². The second-order valence-electron chi connectivity index (χ2n) is 7.22. The van der Waals surface area contributed by atoms with Gasteiger partial charge in [0.15, 0.2) is 17.2 Å². The first-order chi connectivity index (χ1) is 16.9. The predicted molar refractivity (Wildman–Crippen MR) is 133 cm³/mol. The number of carbonyl (C=O) groups excluding carboxylic acids is 2. The fraction of sp³-hybridized carbons (Fsp3) is 0.115. The van der Waals surface area contributed by atoms with Gasteiger partial charge in [-0.15, -0.1) is 0 Å². The van der Waals surface area contributed by atoms with Crippen LogP contribution in [0.15, 0.2) is 71.4 Å². The van der Waals surface area contributed by atoms with E-state index in [4.69, 9.17) is 42.1 Å². The van der Waals surface area contributed by atoms with Gasteiger partial charge in [0.05, 0.1) is 24.3 Å². The van der Waals surface area contributed by atoms with Gasteiger partial charge >= 0.3 is 11.9 Å². The molecule has 1 aliphatic rings. The monoisotopic (exact) mass is 511 g/mol. The Hall–Kier alpha value is -3.81. The van der Waals surface area contributed by atoms with Crippen molar-refractivity contribution in [3.63, 3.8) is 0 Å². The number of nitrogens with zero attached hydrogens (tertiary/aromatic N) is 1. The molecule has 4 rings (SSSR count). The van der Waals surface area contributed by atoms with Gasteiger partial charge in [-0.1, -0.05) is 29.3 Å². The molecule has 0 fully saturated rings. The average Bonchev–Trinajstić information content (AvgIpc) is 3.20. The highest BCUT2D eigenvalue weighted by atomic mass is 35.5. The summed E-state index contributed by atoms with van der Waals surface area (Å²) in [4.78, 5) is 29.3. The van der Waals surface area contributed by atoms with Crippen LogP contribution in [-0.2, 0) is 9.53 Å². The van der Waals surface area contributed by atoms with E-state index in [0.717, 1.165) is 0 Å². The standard InChI is InChI=1S/C26H19Cl2NO6/c1-3-33-23-13-15(4-11-22(23)34-25(30)19-10-7-17(27)14-20(19)28)12-21-26(31)35-24(29-21)16-5-8-18(32-2)9-6-16/h4-14H,3H2,1-2H3/b21-12+. The quantitative estimate of drug-likeness (QED) is 0.221. The minimum absolute atomic E-state index is 0.121. The lowest BCUT2D eigenvalue weighted by Gasteiger charge is -2.12. The maximum atomic E-state index is 12.6. The summed E-state index contributed by atoms with van der Waals surface area (Å²) in [5.41, 5.74) is 1.53. The van der Waals surface area contributed by atoms with Crippen molar-refractivity contribution in [3.05, 3.63) is 93.1 Å². The van der Waals surface area contributed by atoms with Gasteiger partial charge in [0.25, 0.3) is 0 Å². The van der Waals surface area contributed by atoms with E-state index >= 15 is 0 Å². The predicted octanol–water partition coefficient (Wildman–Crippen LogP) is 5.96. The topological polar surface area (TPSA) is 83.4 Å². The molecule has 0 amide bonds. The van der Waals surface area contributed by atoms with Gasteiger partial charge < -0.3 is 18.9 Å². The minimum Gasteiger partial charge on any atom is -0.497 e. The largest absolute Gasteiger partial charge is 0.497 e. The van der Waals surface area contributed by atoms with Crippen molar-refractivity contribution < 1.29 is 28.5 Å². The molecule has 0 bridgehead atoms. The van der Waals surface area contributed by atoms with E-state index in [-0.39, 0.29) is 27.9 Å². The van der Waals surface area contributed by atoms with Crippen LogP contribution in [0, 0.1) is 0 Å². The van der Waals surface area contributed by atoms with Gasteiger partial charge in [0, 0.05) is 10.6 Å². The van der Waals surface area contributed by atoms with Crippen molar-refractivity contribution in [2.45, 2.75) is 6.92 Å². The third-order valence-corrected chi connectivity index (χ3v) is 5.43. The Bertz CT molecular complexity index is 1350. The first-order valence-corrected chi connectivity index (χ1v) is 11.2. The zero-order valence-electron chi connectivity index (χ0n) is 18.7. The molecule has 0 aromatic heterocycles. The van der Waals surface area contributed by atoms with Gasteiger partial charge in [0.2, 0.25) is 5.90 Å². The number of hydrogen-bond donors (Lipinski definition) is 0. The summed E-state index contributed by atoms with van der Waals surface area (Å²) in [5.74, 6) is 0.136. The van der Waals surface area contributed by atoms with Crippen LogP contribution in [0.4, 0.5) is 0 Å². The van der Waals surface area contributed by atoms with Crippen molar-refractivity contribution in [1.29, 1.82) is 0 Å². The maximum Gasteiger partial charge on any atom is 0.363 e. The van der Waals surface area contributed by atoms with Crippen molar-refractivity contribution in [2.75, 3.05) is 13.7 Å². The molecule has 178 valence electrons. The van der Waals surface area contributed by atoms with Crippen molar-refractivity contribution in [1.82, 2.24) is 0 Å². The van der Waals surface area contributed by atoms with Gasteiger partial charge in [-0.3, -0.25) is 0 Å². The van der Waals surface area contributed by atoms with Crippen molar-refractivity contribution >= 4 is 47.1 Å². The molecule has 9 heteroatoms. The summed E-state index contributed by atoms with van der Waals surface area (Å²) >= 11 is 12.0. The molecule has 1 heterocycles. The Labute approximate surface area is 211 Å². The molecule has 0 unspecified atom stereocenters. The summed E-state index contributed by atoms with van der Waals surface area (Å²) < 4.78 is 21.6. The highest BCUT2D eigenvalue weighted by Crippen LogP contribution is 2.32. The van der Waals surface area contributed by atoms with Crippen LogP contribution in [0.2, 0.25) is 10.0 Å². The number of methoxy groups -OCH3 is 1. The summed E-state index contributed by atoms with van der Waals surface area (Å²) in [6, 6.07) is 16.3. The van der Waals surface area contributed by atoms with Crippen molar-refractivity contribution in [3.8, 4) is 17.2 Å². The smallest absolute Gasteiger partial charge is 0.363 e. The molecule has 3 aromatic rings. The first kappa shape index (κ1) is 24.3. The van der Waals surface area contributed by atoms with Crippen LogP contribution in [0.1, 0.15) is 28.4 Å². The summed E-state index contributed by atoms with van der Waals surface area (Å²) in [7, 11) is 1.57. The number of rotatable bonds is 7. The molecule has 0 atom stereocenters. The Balaban J connectivity index is 1.58. The number of ether oxygens (including phenoxy) is 4. The molecule has 0 aliphatic carbocycles. The molecule has 0 radical (unpaired) electrons. The van der Waals surface area contributed by atoms with E-state index in [0.29, 0.717) is 34.3 Å². The first-order valence-electron chi connectivity index (χ1n) is 10.5. The van der Waals surface area contributed by atoms with E-state index in [1.807, 2.05) is 0 Å². The summed E-state index contributed by atoms with van der Waals surface area (Å²) in [6.07, 6.45) is 1.56. The Morgan fingerprint density at radius 2 is 1.80 bits per heavy atom. The summed E-state index contributed by atoms with van der Waals surface area (Å²) in [5, 5.41) is 0.578. The molecule has 3 aromatic carbocycles. The van der Waals surface area contributed by atoms with Crippen LogP contribution in [0.5, 0.6) is 17.2 Å². The number of cyclic esters (lactones) is 1. The number of halogens is 2. The third kappa shape index (κ3) is 5.65. The van der Waals surface area contributed by atoms with E-state index < -0.39 is 11.9 Å². The van der Waals surface area contributed by atoms with Crippen LogP contribution in [0.25, 0.3) is 6.08 Å². The zero-order chi connectivity index (χ0) is 24.9. The van der Waals surface area contributed by atoms with Gasteiger partial charge in [0.1, 0.15) is 5.75 Å². The summed E-state index contributed by atoms with van der Waals surface area (Å²) in [6.45, 7) is 2.13. The minimum atomic E-state index is -0.660. The SMILES string of the molecule is CCOc1cc(/C=C2/N=C(c3ccc(OC)cc3)OC2=O)ccc1OC(=O)c1ccc(Cl)cc1Cl. The molecular weight excluding hydrogens is 493 g/mol. The van der Waals surface area contributed by atoms with Crippen LogP contribution < -0.4 is 14.2 Å². The number of aliphatic imine (C=N–C) groups is 1. The van der Waals surface area contributed by atoms with Crippen molar-refractivity contribution in [2.24, 2.45) is 4.99 Å². The zero-order valence-corrected chi connectivity index (χ0v) is 20.2. The molecule has 0 saturated heterocycles. The molecule has 35 heavy (non-hydrogen) atoms. The molecule has 1 aliphatic heterocycles. The average molecular weight is 512 g/mol. The van der Waals surface area contributed by atoms with Gasteiger partial charge in [-0.2, -0.15) is 0 Å². The van der Waals surface area contributed by atoms with E-state index in [1.165, 1.54) is 12.1 Å². The highest BCUT2D eigenvalue weighted by molar-refractivity contribution is 6.36. The Morgan fingerprint density at radius 1 is 1.03 bits per heavy atom. The fourth-order valence-corrected chi connectivity index (χ4v) is 3.69. The third-order valence-electron chi connectivity index (χ3n) is 4.88. The van der Waals surface area contributed by atoms with E-state index in [1.54, 1.807) is 68.6 Å². The maximum absolute atomic E-state index is 12.6. The van der Waals surface area contributed by atoms with Gasteiger partial charge in [-0.05, 0) is 73.2 Å². The van der Waals surface area contributed by atoms with Crippen LogP contribution in [-0.4, -0.2) is 31.6 Å². The fourth-order valence-electron chi connectivity index (χ4n) is 3.20. The lowest BCUT2D eigenvalue weighted by atomic mass is 10.1. The van der Waals surface area contributed by atoms with E-state index in [9.17, 15) is 9.59 Å². The second kappa shape index (κ2) is 10.6. The molecular formula is C26H19Cl2NO6. The second-order valence-corrected chi connectivity index (χ2v) is 8.06. The Kier molecular flexibility index (Phi) is 7.39. The van der Waals surface area contributed by atoms with Crippen LogP contribution in [0.3, 0.4) is 0 Å². The van der Waals surface area contributed by atoms with Crippen LogP contribution >= 0.6 is 23.2 Å². The van der Waals surface area contributed by atoms with E-state index in [2.05, 4.69) is 4.99 Å².